The van der Waals surface area contributed by atoms with Crippen LogP contribution in [0.1, 0.15) is 111 Å². The van der Waals surface area contributed by atoms with Crippen molar-refractivity contribution in [1.82, 2.24) is 0 Å². The Morgan fingerprint density at radius 1 is 0.179 bits per heavy atom. The summed E-state index contributed by atoms with van der Waals surface area (Å²) in [5, 5.41) is 7.13. The first-order valence-electron chi connectivity index (χ1n) is 37.8. The first-order valence-corrected chi connectivity index (χ1v) is 37.8. The van der Waals surface area contributed by atoms with Crippen molar-refractivity contribution in [2.24, 2.45) is 0 Å². The standard InChI is InChI=1S/C104H82N2/c1-63-33-43-73(44-34-63)105(74-45-35-64(2)36-46-74)99-61-89-78-26-12-14-30-88(78)100(62-90(89)77-25-11-13-29-87(77)99)106(75-23-19-21-65(53-75)67-37-49-83-85-51-41-71(59-97(85)103(7,8)95(83)55-67)69-39-47-81-79-27-15-17-31-91(79)101(3,4)93(81)57-69)76-24-20-22-66(54-76)68-38-50-84-86-52-42-72(60-98(86)104(9,10)96(84)56-68)70-40-48-82-80-28-16-18-32-92(80)102(5,6)94(82)58-70/h11-62H,1-10H3. The van der Waals surface area contributed by atoms with Crippen LogP contribution in [0.25, 0.3) is 121 Å². The van der Waals surface area contributed by atoms with Gasteiger partial charge in [-0.2, -0.15) is 0 Å². The van der Waals surface area contributed by atoms with E-state index < -0.39 is 0 Å². The summed E-state index contributed by atoms with van der Waals surface area (Å²) in [5.41, 5.74) is 39.9. The van der Waals surface area contributed by atoms with E-state index in [1.165, 1.54) is 166 Å². The lowest BCUT2D eigenvalue weighted by atomic mass is 9.80. The molecule has 16 aromatic carbocycles. The Kier molecular flexibility index (Phi) is 13.9. The Hall–Kier alpha value is -12.1. The third-order valence-corrected chi connectivity index (χ3v) is 25.0. The highest BCUT2D eigenvalue weighted by molar-refractivity contribution is 6.25. The number of aryl methyl sites for hydroxylation is 2. The number of hydrogen-bond donors (Lipinski definition) is 0. The van der Waals surface area contributed by atoms with Crippen LogP contribution >= 0.6 is 0 Å². The van der Waals surface area contributed by atoms with Crippen molar-refractivity contribution in [3.63, 3.8) is 0 Å². The fraction of sp³-hybridized carbons (Fsp3) is 0.135. The molecule has 0 amide bonds. The van der Waals surface area contributed by atoms with Gasteiger partial charge in [0.05, 0.1) is 11.4 Å². The van der Waals surface area contributed by atoms with Crippen LogP contribution in [0, 0.1) is 13.8 Å². The number of nitrogens with zero attached hydrogens (tertiary/aromatic N) is 2. The number of fused-ring (bicyclic) bond motifs is 17. The van der Waals surface area contributed by atoms with Crippen LogP contribution in [0.15, 0.2) is 315 Å². The maximum Gasteiger partial charge on any atom is 0.0546 e. The Labute approximate surface area is 623 Å². The predicted molar refractivity (Wildman–Crippen MR) is 450 cm³/mol. The van der Waals surface area contributed by atoms with Crippen LogP contribution in [0.2, 0.25) is 0 Å². The zero-order chi connectivity index (χ0) is 71.9. The van der Waals surface area contributed by atoms with Gasteiger partial charge in [0.2, 0.25) is 0 Å². The van der Waals surface area contributed by atoms with E-state index in [1.54, 1.807) is 0 Å². The summed E-state index contributed by atoms with van der Waals surface area (Å²) in [6.07, 6.45) is 0. The van der Waals surface area contributed by atoms with Gasteiger partial charge in [0.1, 0.15) is 0 Å². The molecule has 20 rings (SSSR count). The fourth-order valence-corrected chi connectivity index (χ4v) is 19.1. The van der Waals surface area contributed by atoms with Gasteiger partial charge in [0.25, 0.3) is 0 Å². The molecule has 0 bridgehead atoms. The molecule has 0 saturated carbocycles. The first kappa shape index (κ1) is 63.6. The molecule has 4 aliphatic carbocycles. The lowest BCUT2D eigenvalue weighted by Crippen LogP contribution is -2.15. The van der Waals surface area contributed by atoms with E-state index in [0.717, 1.165) is 45.3 Å². The Morgan fingerprint density at radius 3 is 0.755 bits per heavy atom. The summed E-state index contributed by atoms with van der Waals surface area (Å²) in [5.74, 6) is 0. The van der Waals surface area contributed by atoms with Gasteiger partial charge in [-0.1, -0.05) is 285 Å². The van der Waals surface area contributed by atoms with Crippen molar-refractivity contribution in [2.75, 3.05) is 9.80 Å². The third-order valence-electron chi connectivity index (χ3n) is 25.0. The summed E-state index contributed by atoms with van der Waals surface area (Å²) in [6.45, 7) is 23.5. The lowest BCUT2D eigenvalue weighted by Gasteiger charge is -2.30. The van der Waals surface area contributed by atoms with Crippen LogP contribution in [-0.2, 0) is 21.7 Å². The van der Waals surface area contributed by atoms with Gasteiger partial charge in [-0.25, -0.2) is 0 Å². The van der Waals surface area contributed by atoms with Crippen LogP contribution in [0.3, 0.4) is 0 Å². The second-order valence-electron chi connectivity index (χ2n) is 32.6. The van der Waals surface area contributed by atoms with E-state index >= 15 is 0 Å². The molecule has 0 saturated heterocycles. The highest BCUT2D eigenvalue weighted by Crippen LogP contribution is 2.57. The van der Waals surface area contributed by atoms with E-state index in [1.807, 2.05) is 0 Å². The summed E-state index contributed by atoms with van der Waals surface area (Å²) < 4.78 is 0. The van der Waals surface area contributed by atoms with Crippen molar-refractivity contribution < 1.29 is 0 Å². The molecular formula is C104H82N2. The topological polar surface area (TPSA) is 6.48 Å². The molecule has 0 spiro atoms. The fourth-order valence-electron chi connectivity index (χ4n) is 19.1. The van der Waals surface area contributed by atoms with Crippen molar-refractivity contribution >= 4 is 66.4 Å². The normalized spacial score (nSPS) is 14.6. The summed E-state index contributed by atoms with van der Waals surface area (Å²) >= 11 is 0. The lowest BCUT2D eigenvalue weighted by molar-refractivity contribution is 0.659. The van der Waals surface area contributed by atoms with Gasteiger partial charge in [-0.15, -0.1) is 0 Å². The quantitative estimate of drug-likeness (QED) is 0.126. The van der Waals surface area contributed by atoms with Gasteiger partial charge in [0, 0.05) is 55.2 Å². The summed E-state index contributed by atoms with van der Waals surface area (Å²) in [7, 11) is 0. The van der Waals surface area contributed by atoms with Gasteiger partial charge in [0.15, 0.2) is 0 Å². The molecule has 0 atom stereocenters. The summed E-state index contributed by atoms with van der Waals surface area (Å²) in [6, 6.07) is 121. The van der Waals surface area contributed by atoms with Crippen molar-refractivity contribution in [3.05, 3.63) is 371 Å². The van der Waals surface area contributed by atoms with Gasteiger partial charge < -0.3 is 9.80 Å². The molecule has 0 N–H and O–H groups in total. The predicted octanol–water partition coefficient (Wildman–Crippen LogP) is 28.6. The minimum absolute atomic E-state index is 0.0718. The average Bonchev–Trinajstić information content (AvgIpc) is 1.24. The molecule has 106 heavy (non-hydrogen) atoms. The van der Waals surface area contributed by atoms with E-state index in [0.29, 0.717) is 0 Å². The monoisotopic (exact) mass is 1360 g/mol. The van der Waals surface area contributed by atoms with Gasteiger partial charge in [-0.05, 0) is 266 Å². The molecule has 16 aromatic rings. The zero-order valence-corrected chi connectivity index (χ0v) is 61.9. The molecule has 0 aliphatic heterocycles. The minimum Gasteiger partial charge on any atom is -0.310 e. The third kappa shape index (κ3) is 9.56. The number of anilines is 6. The molecule has 0 unspecified atom stereocenters. The zero-order valence-electron chi connectivity index (χ0n) is 61.9. The summed E-state index contributed by atoms with van der Waals surface area (Å²) in [4.78, 5) is 4.99. The van der Waals surface area contributed by atoms with Crippen LogP contribution in [0.5, 0.6) is 0 Å². The van der Waals surface area contributed by atoms with Gasteiger partial charge in [-0.3, -0.25) is 0 Å². The van der Waals surface area contributed by atoms with E-state index in [-0.39, 0.29) is 21.7 Å². The van der Waals surface area contributed by atoms with Crippen LogP contribution in [0.4, 0.5) is 34.1 Å². The largest absolute Gasteiger partial charge is 0.310 e. The second-order valence-corrected chi connectivity index (χ2v) is 32.6. The Bertz CT molecular complexity index is 6100. The highest BCUT2D eigenvalue weighted by Gasteiger charge is 2.41. The number of benzene rings is 16. The average molecular weight is 1360 g/mol. The Balaban J connectivity index is 0.713. The molecule has 508 valence electrons. The second kappa shape index (κ2) is 23.2. The Morgan fingerprint density at radius 2 is 0.434 bits per heavy atom. The molecule has 0 heterocycles. The molecular weight excluding hydrogens is 1280 g/mol. The van der Waals surface area contributed by atoms with Gasteiger partial charge >= 0.3 is 0 Å². The van der Waals surface area contributed by atoms with E-state index in [2.05, 4.69) is 394 Å². The van der Waals surface area contributed by atoms with Crippen molar-refractivity contribution in [2.45, 2.75) is 90.9 Å². The van der Waals surface area contributed by atoms with Crippen LogP contribution in [-0.4, -0.2) is 0 Å². The molecule has 0 radical (unpaired) electrons. The molecule has 2 nitrogen and oxygen atoms in total. The first-order chi connectivity index (χ1) is 51.4. The van der Waals surface area contributed by atoms with Crippen LogP contribution < -0.4 is 9.80 Å². The number of hydrogen-bond acceptors (Lipinski definition) is 2. The van der Waals surface area contributed by atoms with Crippen molar-refractivity contribution in [1.29, 1.82) is 0 Å². The SMILES string of the molecule is Cc1ccc(N(c2ccc(C)cc2)c2cc3c4ccccc4c(N(c4cccc(-c5ccc6c(c5)C(C)(C)c5cc(-c7ccc8c(c7)C(C)(C)c7ccccc7-8)ccc5-6)c4)c4cccc(-c5ccc6c(c5)C(C)(C)c5cc(-c7ccc8c(c7)C(C)(C)c7ccccc7-8)ccc5-6)c4)cc3c3ccccc23)cc1. The van der Waals surface area contributed by atoms with E-state index in [4.69, 9.17) is 0 Å². The molecule has 0 fully saturated rings. The highest BCUT2D eigenvalue weighted by atomic mass is 15.2. The molecule has 4 aliphatic rings. The molecule has 0 aromatic heterocycles. The van der Waals surface area contributed by atoms with Crippen molar-refractivity contribution in [3.8, 4) is 89.0 Å². The minimum atomic E-state index is -0.246. The molecule has 2 heteroatoms. The maximum absolute atomic E-state index is 2.54. The van der Waals surface area contributed by atoms with E-state index in [9.17, 15) is 0 Å². The maximum atomic E-state index is 2.54. The number of rotatable bonds is 10. The smallest absolute Gasteiger partial charge is 0.0546 e.